The molecule has 1 atom stereocenters. The fourth-order valence-corrected chi connectivity index (χ4v) is 4.52. The summed E-state index contributed by atoms with van der Waals surface area (Å²) in [5.74, 6) is 1.07. The van der Waals surface area contributed by atoms with Crippen LogP contribution in [0.4, 0.5) is 11.6 Å². The number of hydrogen-bond acceptors (Lipinski definition) is 8. The number of carbonyl (C=O) groups is 1. The Labute approximate surface area is 255 Å². The average Bonchev–Trinajstić information content (AvgIpc) is 3.01. The highest BCUT2D eigenvalue weighted by Crippen LogP contribution is 2.23. The fourth-order valence-electron chi connectivity index (χ4n) is 4.52. The van der Waals surface area contributed by atoms with Crippen LogP contribution in [0.2, 0.25) is 0 Å². The second-order valence-electron chi connectivity index (χ2n) is 11.3. The van der Waals surface area contributed by atoms with Crippen molar-refractivity contribution in [3.05, 3.63) is 102 Å². The molecule has 0 aliphatic rings. The van der Waals surface area contributed by atoms with E-state index in [9.17, 15) is 4.79 Å². The Kier molecular flexibility index (Phi) is 11.2. The molecule has 0 radical (unpaired) electrons. The van der Waals surface area contributed by atoms with Crippen molar-refractivity contribution in [3.63, 3.8) is 0 Å². The Bertz CT molecular complexity index is 1400. The maximum absolute atomic E-state index is 12.9. The quantitative estimate of drug-likeness (QED) is 0.158. The van der Waals surface area contributed by atoms with Gasteiger partial charge in [0.05, 0.1) is 0 Å². The number of benzene rings is 3. The van der Waals surface area contributed by atoms with Gasteiger partial charge < -0.3 is 19.7 Å². The van der Waals surface area contributed by atoms with Crippen LogP contribution in [0.3, 0.4) is 0 Å². The number of anilines is 2. The molecule has 8 heteroatoms. The number of hydrogen-bond donors (Lipinski definition) is 2. The number of nitrogens with zero attached hydrogens (tertiary/aromatic N) is 3. The molecule has 4 rings (SSSR count). The summed E-state index contributed by atoms with van der Waals surface area (Å²) >= 11 is 0. The molecule has 1 aromatic heterocycles. The molecule has 0 bridgehead atoms. The Morgan fingerprint density at radius 1 is 0.860 bits per heavy atom. The number of ether oxygens (including phenoxy) is 2. The van der Waals surface area contributed by atoms with Gasteiger partial charge in [-0.05, 0) is 74.8 Å². The summed E-state index contributed by atoms with van der Waals surface area (Å²) in [6.07, 6.45) is 3.61. The van der Waals surface area contributed by atoms with Gasteiger partial charge in [0, 0.05) is 36.7 Å². The van der Waals surface area contributed by atoms with Gasteiger partial charge in [0.25, 0.3) is 0 Å². The highest BCUT2D eigenvalue weighted by atomic mass is 16.6. The molecule has 0 fully saturated rings. The first kappa shape index (κ1) is 31.7. The predicted octanol–water partition coefficient (Wildman–Crippen LogP) is 6.78. The normalized spacial score (nSPS) is 12.1. The lowest BCUT2D eigenvalue weighted by Crippen LogP contribution is -2.34. The summed E-state index contributed by atoms with van der Waals surface area (Å²) in [6.45, 7) is 14.1. The van der Waals surface area contributed by atoms with Gasteiger partial charge in [0.15, 0.2) is 0 Å². The summed E-state index contributed by atoms with van der Waals surface area (Å²) in [5, 5.41) is 6.61. The van der Waals surface area contributed by atoms with Gasteiger partial charge in [0.2, 0.25) is 5.95 Å². The molecular formula is C35H43N5O3. The molecule has 3 aromatic carbocycles. The third-order valence-electron chi connectivity index (χ3n) is 6.91. The number of likely N-dealkylation sites (N-methyl/N-ethyl adjacent to an activating group) is 1. The molecule has 0 unspecified atom stereocenters. The van der Waals surface area contributed by atoms with E-state index in [-0.39, 0.29) is 5.97 Å². The van der Waals surface area contributed by atoms with Crippen LogP contribution in [0.1, 0.15) is 51.8 Å². The number of esters is 1. The Balaban J connectivity index is 1.31. The van der Waals surface area contributed by atoms with E-state index < -0.39 is 11.6 Å². The second kappa shape index (κ2) is 15.3. The first-order chi connectivity index (χ1) is 20.7. The molecule has 4 aromatic rings. The lowest BCUT2D eigenvalue weighted by Gasteiger charge is -2.25. The van der Waals surface area contributed by atoms with Crippen LogP contribution in [0.5, 0.6) is 5.75 Å². The van der Waals surface area contributed by atoms with Crippen molar-refractivity contribution < 1.29 is 14.3 Å². The second-order valence-corrected chi connectivity index (χ2v) is 11.3. The minimum atomic E-state index is -0.564. The summed E-state index contributed by atoms with van der Waals surface area (Å²) in [7, 11) is 0. The standard InChI is InChI=1S/C35H43N5O3/c1-6-40(7-2)21-22-42-31-19-17-30(18-20-31)39-34-37-24-29(25-38-34)27-15-13-26(14-16-27)23-36-32(28-11-9-8-10-12-28)33(41)43-35(3,4)5/h8-20,24-25,32,36H,6-7,21-23H2,1-5H3,(H,37,38,39)/t32-/m0/s1. The van der Waals surface area contributed by atoms with Crippen LogP contribution in [0.15, 0.2) is 91.3 Å². The van der Waals surface area contributed by atoms with Crippen molar-refractivity contribution in [2.45, 2.75) is 52.8 Å². The molecule has 8 nitrogen and oxygen atoms in total. The minimum absolute atomic E-state index is 0.295. The Morgan fingerprint density at radius 2 is 1.51 bits per heavy atom. The van der Waals surface area contributed by atoms with Crippen molar-refractivity contribution in [1.82, 2.24) is 20.2 Å². The number of carbonyl (C=O) groups excluding carboxylic acids is 1. The van der Waals surface area contributed by atoms with E-state index >= 15 is 0 Å². The molecule has 43 heavy (non-hydrogen) atoms. The lowest BCUT2D eigenvalue weighted by molar-refractivity contribution is -0.157. The zero-order chi connectivity index (χ0) is 30.7. The maximum Gasteiger partial charge on any atom is 0.328 e. The molecule has 0 amide bonds. The molecule has 0 saturated carbocycles. The SMILES string of the molecule is CCN(CC)CCOc1ccc(Nc2ncc(-c3ccc(CN[C@H](C(=O)OC(C)(C)C)c4ccccc4)cc3)cn2)cc1. The highest BCUT2D eigenvalue weighted by molar-refractivity contribution is 5.78. The zero-order valence-corrected chi connectivity index (χ0v) is 25.8. The molecule has 1 heterocycles. The molecule has 2 N–H and O–H groups in total. The molecule has 226 valence electrons. The summed E-state index contributed by atoms with van der Waals surface area (Å²) < 4.78 is 11.5. The lowest BCUT2D eigenvalue weighted by atomic mass is 10.0. The number of nitrogens with one attached hydrogen (secondary N) is 2. The third-order valence-corrected chi connectivity index (χ3v) is 6.91. The molecule has 0 aliphatic heterocycles. The van der Waals surface area contributed by atoms with E-state index in [0.29, 0.717) is 19.1 Å². The number of aromatic nitrogens is 2. The van der Waals surface area contributed by atoms with Gasteiger partial charge in [-0.15, -0.1) is 0 Å². The third kappa shape index (κ3) is 9.91. The van der Waals surface area contributed by atoms with Gasteiger partial charge >= 0.3 is 5.97 Å². The minimum Gasteiger partial charge on any atom is -0.492 e. The molecular weight excluding hydrogens is 538 g/mol. The van der Waals surface area contributed by atoms with Gasteiger partial charge in [-0.25, -0.2) is 14.8 Å². The summed E-state index contributed by atoms with van der Waals surface area (Å²) in [4.78, 5) is 24.3. The van der Waals surface area contributed by atoms with Gasteiger partial charge in [-0.1, -0.05) is 68.4 Å². The topological polar surface area (TPSA) is 88.6 Å². The van der Waals surface area contributed by atoms with Crippen molar-refractivity contribution in [1.29, 1.82) is 0 Å². The van der Waals surface area contributed by atoms with E-state index in [0.717, 1.165) is 53.3 Å². The highest BCUT2D eigenvalue weighted by Gasteiger charge is 2.26. The predicted molar refractivity (Wildman–Crippen MR) is 172 cm³/mol. The number of rotatable bonds is 14. The fraction of sp³-hybridized carbons (Fsp3) is 0.343. The molecule has 0 spiro atoms. The smallest absolute Gasteiger partial charge is 0.328 e. The van der Waals surface area contributed by atoms with Crippen molar-refractivity contribution in [2.75, 3.05) is 31.6 Å². The van der Waals surface area contributed by atoms with Crippen LogP contribution < -0.4 is 15.4 Å². The van der Waals surface area contributed by atoms with E-state index in [1.165, 1.54) is 0 Å². The largest absolute Gasteiger partial charge is 0.492 e. The van der Waals surface area contributed by atoms with Crippen LogP contribution in [0, 0.1) is 0 Å². The zero-order valence-electron chi connectivity index (χ0n) is 25.8. The van der Waals surface area contributed by atoms with Crippen LogP contribution in [-0.4, -0.2) is 52.7 Å². The summed E-state index contributed by atoms with van der Waals surface area (Å²) in [6, 6.07) is 25.1. The first-order valence-electron chi connectivity index (χ1n) is 14.9. The van der Waals surface area contributed by atoms with Gasteiger partial charge in [0.1, 0.15) is 24.0 Å². The maximum atomic E-state index is 12.9. The van der Waals surface area contributed by atoms with Gasteiger partial charge in [-0.3, -0.25) is 5.32 Å². The molecule has 0 aliphatic carbocycles. The Morgan fingerprint density at radius 3 is 2.12 bits per heavy atom. The van der Waals surface area contributed by atoms with Crippen molar-refractivity contribution in [2.24, 2.45) is 0 Å². The van der Waals surface area contributed by atoms with Crippen LogP contribution in [0.25, 0.3) is 11.1 Å². The van der Waals surface area contributed by atoms with Crippen LogP contribution >= 0.6 is 0 Å². The average molecular weight is 582 g/mol. The summed E-state index contributed by atoms with van der Waals surface area (Å²) in [5.41, 5.74) is 4.17. The van der Waals surface area contributed by atoms with E-state index in [2.05, 4.69) is 39.3 Å². The Hall–Kier alpha value is -4.27. The van der Waals surface area contributed by atoms with Crippen molar-refractivity contribution >= 4 is 17.6 Å². The van der Waals surface area contributed by atoms with E-state index in [4.69, 9.17) is 9.47 Å². The van der Waals surface area contributed by atoms with Gasteiger partial charge in [-0.2, -0.15) is 0 Å². The van der Waals surface area contributed by atoms with E-state index in [1.54, 1.807) is 12.4 Å². The van der Waals surface area contributed by atoms with Crippen LogP contribution in [-0.2, 0) is 16.1 Å². The van der Waals surface area contributed by atoms with Crippen molar-refractivity contribution in [3.8, 4) is 16.9 Å². The molecule has 0 saturated heterocycles. The monoisotopic (exact) mass is 581 g/mol. The van der Waals surface area contributed by atoms with E-state index in [1.807, 2.05) is 99.6 Å². The first-order valence-corrected chi connectivity index (χ1v) is 14.9.